The summed E-state index contributed by atoms with van der Waals surface area (Å²) in [6.07, 6.45) is 7.99. The van der Waals surface area contributed by atoms with Crippen LogP contribution in [-0.2, 0) is 101 Å². The maximum absolute atomic E-state index is 13.9. The Labute approximate surface area is 594 Å². The van der Waals surface area contributed by atoms with Gasteiger partial charge in [0.25, 0.3) is 0 Å². The number of benzene rings is 5. The van der Waals surface area contributed by atoms with E-state index in [-0.39, 0.29) is 139 Å². The summed E-state index contributed by atoms with van der Waals surface area (Å²) in [4.78, 5) is 36.1. The number of nitrogens with zero attached hydrogens (tertiary/aromatic N) is 10. The zero-order valence-corrected chi connectivity index (χ0v) is 60.9. The van der Waals surface area contributed by atoms with Gasteiger partial charge in [0.05, 0.1) is 32.9 Å². The summed E-state index contributed by atoms with van der Waals surface area (Å²) in [5.41, 5.74) is 4.40. The summed E-state index contributed by atoms with van der Waals surface area (Å²) in [5.74, 6) is -3.11. The summed E-state index contributed by atoms with van der Waals surface area (Å²) in [7, 11) is 0. The van der Waals surface area contributed by atoms with E-state index in [1.165, 1.54) is 24.4 Å². The second-order valence-corrected chi connectivity index (χ2v) is 18.7. The molecule has 10 aromatic rings. The third kappa shape index (κ3) is 20.6. The Hall–Kier alpha value is -5.42. The number of aromatic nitrogens is 5. The molecule has 0 spiro atoms. The van der Waals surface area contributed by atoms with Crippen LogP contribution < -0.4 is 0 Å². The smallest absolute Gasteiger partial charge is 0.176 e. The standard InChI is InChI=1S/C12H5Br2N2.C12H5BrFN2.C12H5Cl2N2.C12H5ClFN2.C12H5F2N2.5Ir/c5*1-15-12-9(13)6-5-8(11(12)14)10-4-2-3-7-16-10;;;;;/h5*2-4,6-7H;;;;;/q5*-1;;;;;. The van der Waals surface area contributed by atoms with Gasteiger partial charge in [-0.2, -0.15) is 34.8 Å². The molecule has 0 saturated carbocycles. The van der Waals surface area contributed by atoms with E-state index in [0.29, 0.717) is 48.5 Å². The molecule has 0 N–H and O–H groups in total. The molecule has 5 aromatic carbocycles. The minimum absolute atomic E-state index is 0. The van der Waals surface area contributed by atoms with Gasteiger partial charge in [0.15, 0.2) is 17.1 Å². The van der Waals surface area contributed by atoms with Crippen molar-refractivity contribution in [3.63, 3.8) is 0 Å². The second-order valence-electron chi connectivity index (χ2n) is 15.0. The van der Waals surface area contributed by atoms with Gasteiger partial charge >= 0.3 is 0 Å². The molecule has 0 aliphatic rings. The predicted octanol–water partition coefficient (Wildman–Crippen LogP) is 20.3. The van der Waals surface area contributed by atoms with Crippen molar-refractivity contribution in [2.75, 3.05) is 0 Å². The van der Waals surface area contributed by atoms with Crippen molar-refractivity contribution in [3.8, 4) is 56.3 Å². The average Bonchev–Trinajstić information content (AvgIpc) is 3.55. The molecule has 10 rings (SSSR count). The van der Waals surface area contributed by atoms with Crippen molar-refractivity contribution in [2.24, 2.45) is 0 Å². The quantitative estimate of drug-likeness (QED) is 0.127. The van der Waals surface area contributed by atoms with Crippen LogP contribution in [0, 0.1) is 86.5 Å². The molecule has 85 heavy (non-hydrogen) atoms. The first-order valence-corrected chi connectivity index (χ1v) is 25.6. The van der Waals surface area contributed by atoms with Crippen LogP contribution in [0.5, 0.6) is 0 Å². The third-order valence-electron chi connectivity index (χ3n) is 10.1. The zero-order valence-electron chi connectivity index (χ0n) is 41.9. The van der Waals surface area contributed by atoms with Gasteiger partial charge in [0.1, 0.15) is 11.4 Å². The minimum atomic E-state index is -0.922. The molecular weight excluding hydrogens is 2240 g/mol. The topological polar surface area (TPSA) is 86.2 Å². The Balaban J connectivity index is 0.000000524. The molecular formula is C60H25Br3Cl3F4Ir5N10-5. The third-order valence-corrected chi connectivity index (χ3v) is 13.1. The first-order chi connectivity index (χ1) is 38.7. The van der Waals surface area contributed by atoms with Crippen LogP contribution in [0.15, 0.2) is 166 Å². The van der Waals surface area contributed by atoms with E-state index < -0.39 is 29.0 Å². The molecule has 0 amide bonds. The van der Waals surface area contributed by atoms with Crippen LogP contribution in [0.2, 0.25) is 15.1 Å². The normalized spacial score (nSPS) is 9.24. The van der Waals surface area contributed by atoms with Crippen molar-refractivity contribution in [1.29, 1.82) is 0 Å². The van der Waals surface area contributed by atoms with Crippen molar-refractivity contribution < 1.29 is 118 Å². The molecule has 0 aliphatic carbocycles. The van der Waals surface area contributed by atoms with Gasteiger partial charge in [0.2, 0.25) is 0 Å². The minimum Gasteiger partial charge on any atom is -0.305 e. The number of halogens is 10. The van der Waals surface area contributed by atoms with Crippen LogP contribution in [0.4, 0.5) is 46.0 Å². The van der Waals surface area contributed by atoms with Crippen LogP contribution in [0.1, 0.15) is 0 Å². The Kier molecular flexibility index (Phi) is 36.0. The molecule has 0 aliphatic heterocycles. The number of pyridine rings is 5. The molecule has 0 saturated heterocycles. The van der Waals surface area contributed by atoms with E-state index in [4.69, 9.17) is 67.7 Å². The fourth-order valence-corrected chi connectivity index (χ4v) is 8.83. The van der Waals surface area contributed by atoms with Crippen molar-refractivity contribution in [2.45, 2.75) is 0 Å². The Morgan fingerprint density at radius 2 is 0.647 bits per heavy atom. The largest absolute Gasteiger partial charge is 0.305 e. The molecule has 0 bridgehead atoms. The fraction of sp³-hybridized carbons (Fsp3) is 0. The van der Waals surface area contributed by atoms with Gasteiger partial charge < -0.3 is 24.9 Å². The summed E-state index contributed by atoms with van der Waals surface area (Å²) >= 11 is 27.4. The zero-order chi connectivity index (χ0) is 57.7. The van der Waals surface area contributed by atoms with Crippen LogP contribution >= 0.6 is 82.6 Å². The summed E-state index contributed by atoms with van der Waals surface area (Å²) in [5, 5.41) is 0.660. The maximum Gasteiger partial charge on any atom is 0.176 e. The van der Waals surface area contributed by atoms with Crippen molar-refractivity contribution >= 4 is 111 Å². The predicted molar refractivity (Wildman–Crippen MR) is 312 cm³/mol. The maximum atomic E-state index is 13.9. The molecule has 5 radical (unpaired) electrons. The van der Waals surface area contributed by atoms with E-state index >= 15 is 0 Å². The van der Waals surface area contributed by atoms with Gasteiger partial charge in [-0.05, 0) is 73.9 Å². The van der Waals surface area contributed by atoms with E-state index in [9.17, 15) is 17.6 Å². The van der Waals surface area contributed by atoms with E-state index in [2.05, 4.69) is 127 Å². The molecule has 10 nitrogen and oxygen atoms in total. The molecule has 25 heteroatoms. The van der Waals surface area contributed by atoms with Gasteiger partial charge in [0, 0.05) is 155 Å². The molecule has 5 heterocycles. The van der Waals surface area contributed by atoms with Crippen LogP contribution in [0.3, 0.4) is 0 Å². The van der Waals surface area contributed by atoms with Crippen LogP contribution in [-0.4, -0.2) is 24.9 Å². The van der Waals surface area contributed by atoms with Gasteiger partial charge in [-0.3, -0.25) is 41.8 Å². The Morgan fingerprint density at radius 1 is 0.353 bits per heavy atom. The first kappa shape index (κ1) is 77.6. The molecule has 0 fully saturated rings. The monoisotopic (exact) mass is 2270 g/mol. The van der Waals surface area contributed by atoms with E-state index in [1.807, 2.05) is 30.3 Å². The molecule has 0 atom stereocenters. The Morgan fingerprint density at radius 3 is 1.02 bits per heavy atom. The number of hydrogen-bond acceptors (Lipinski definition) is 5. The SMILES string of the molecule is [C-]#[N+]c1c(Br)c[c-]c(-c2ccccn2)c1Br.[C-]#[N+]c1c(Br)c[c-]c(-c2ccccn2)c1F.[C-]#[N+]c1c(Cl)c[c-]c(-c2ccccn2)c1Cl.[C-]#[N+]c1c(Cl)c[c-]c(-c2ccccn2)c1F.[C-]#[N+]c1c(F)c[c-]c(-c2ccccn2)c1F.[Ir].[Ir].[Ir].[Ir].[Ir]. The van der Waals surface area contributed by atoms with E-state index in [0.717, 1.165) is 26.3 Å². The summed E-state index contributed by atoms with van der Waals surface area (Å²) in [6, 6.07) is 47.4. The average molecular weight is 2270 g/mol. The van der Waals surface area contributed by atoms with Crippen molar-refractivity contribution in [3.05, 3.63) is 291 Å². The van der Waals surface area contributed by atoms with Crippen molar-refractivity contribution in [1.82, 2.24) is 24.9 Å². The molecule has 5 aromatic heterocycles. The molecule has 0 unspecified atom stereocenters. The van der Waals surface area contributed by atoms with Gasteiger partial charge in [-0.25, -0.2) is 0 Å². The van der Waals surface area contributed by atoms with Gasteiger partial charge in [-0.1, -0.05) is 74.1 Å². The number of rotatable bonds is 5. The van der Waals surface area contributed by atoms with Gasteiger partial charge in [-0.15, -0.1) is 136 Å². The fourth-order valence-electron chi connectivity index (χ4n) is 6.45. The Bertz CT molecular complexity index is 3450. The summed E-state index contributed by atoms with van der Waals surface area (Å²) in [6.45, 7) is 34.6. The number of hydrogen-bond donors (Lipinski definition) is 0. The molecule has 435 valence electrons. The first-order valence-electron chi connectivity index (χ1n) is 22.1. The van der Waals surface area contributed by atoms with Crippen LogP contribution in [0.25, 0.3) is 80.5 Å². The summed E-state index contributed by atoms with van der Waals surface area (Å²) < 4.78 is 56.3. The second kappa shape index (κ2) is 39.4. The van der Waals surface area contributed by atoms with E-state index in [1.54, 1.807) is 91.5 Å².